The van der Waals surface area contributed by atoms with Crippen molar-refractivity contribution in [1.82, 2.24) is 5.09 Å². The lowest BCUT2D eigenvalue weighted by Crippen LogP contribution is -2.35. The first kappa shape index (κ1) is 20.3. The minimum atomic E-state index is -2.34. The molecule has 1 aliphatic carbocycles. The first-order valence-electron chi connectivity index (χ1n) is 8.53. The summed E-state index contributed by atoms with van der Waals surface area (Å²) in [5.41, 5.74) is 2.24. The number of esters is 1. The summed E-state index contributed by atoms with van der Waals surface area (Å²) >= 11 is 5.65. The van der Waals surface area contributed by atoms with Crippen molar-refractivity contribution in [1.29, 1.82) is 0 Å². The van der Waals surface area contributed by atoms with Crippen LogP contribution in [0.15, 0.2) is 30.3 Å². The van der Waals surface area contributed by atoms with Gasteiger partial charge in [-0.05, 0) is 29.9 Å². The van der Waals surface area contributed by atoms with E-state index < -0.39 is 12.5 Å². The van der Waals surface area contributed by atoms with Crippen LogP contribution in [0.1, 0.15) is 51.3 Å². The lowest BCUT2D eigenvalue weighted by Gasteiger charge is -2.30. The molecule has 2 unspecified atom stereocenters. The average Bonchev–Trinajstić information content (AvgIpc) is 2.51. The lowest BCUT2D eigenvalue weighted by atomic mass is 9.95. The summed E-state index contributed by atoms with van der Waals surface area (Å²) in [7, 11) is 0. The summed E-state index contributed by atoms with van der Waals surface area (Å²) in [5.74, 6) is -0.293. The second-order valence-corrected chi connectivity index (χ2v) is 12.0. The molecule has 1 aliphatic rings. The summed E-state index contributed by atoms with van der Waals surface area (Å²) < 4.78 is 11.6. The Morgan fingerprint density at radius 3 is 2.76 bits per heavy atom. The normalized spacial score (nSPS) is 20.4. The fourth-order valence-corrected chi connectivity index (χ4v) is 4.93. The van der Waals surface area contributed by atoms with Crippen LogP contribution in [0.3, 0.4) is 0 Å². The zero-order valence-corrected chi connectivity index (χ0v) is 17.3. The van der Waals surface area contributed by atoms with Gasteiger partial charge in [0, 0.05) is 6.66 Å². The molecule has 0 aromatic heterocycles. The van der Waals surface area contributed by atoms with Crippen LogP contribution >= 0.6 is 6.42 Å². The fourth-order valence-electron chi connectivity index (χ4n) is 2.59. The van der Waals surface area contributed by atoms with Crippen LogP contribution in [0, 0.1) is 5.41 Å². The molecule has 25 heavy (non-hydrogen) atoms. The molecule has 6 heteroatoms. The van der Waals surface area contributed by atoms with Gasteiger partial charge in [0.25, 0.3) is 0 Å². The zero-order chi connectivity index (χ0) is 18.7. The van der Waals surface area contributed by atoms with E-state index in [1.807, 2.05) is 39.6 Å². The van der Waals surface area contributed by atoms with E-state index in [9.17, 15) is 4.79 Å². The van der Waals surface area contributed by atoms with Gasteiger partial charge < -0.3 is 9.26 Å². The molecule has 4 nitrogen and oxygen atoms in total. The molecule has 0 fully saturated rings. The number of fused-ring (bicyclic) bond motifs is 1. The highest BCUT2D eigenvalue weighted by Gasteiger charge is 2.27. The van der Waals surface area contributed by atoms with Crippen LogP contribution in [-0.2, 0) is 25.9 Å². The molecule has 0 heterocycles. The fraction of sp³-hybridized carbons (Fsp3) is 0.526. The minimum Gasteiger partial charge on any atom is -0.464 e. The lowest BCUT2D eigenvalue weighted by molar-refractivity contribution is -0.147. The zero-order valence-electron chi connectivity index (χ0n) is 15.6. The third-order valence-corrected chi connectivity index (χ3v) is 5.84. The summed E-state index contributed by atoms with van der Waals surface area (Å²) in [5, 5.41) is 3.18. The SMILES string of the molecule is C[C@H](NP(C)(=S)OC1CC=Cc2ccccc21)C(=O)OCC(C)(C)C. The summed E-state index contributed by atoms with van der Waals surface area (Å²) in [4.78, 5) is 12.2. The molecule has 0 spiro atoms. The Bertz CT molecular complexity index is 696. The van der Waals surface area contributed by atoms with Crippen LogP contribution in [0.4, 0.5) is 0 Å². The molecule has 1 N–H and O–H groups in total. The Hall–Kier alpha value is -1.00. The number of ether oxygens (including phenoxy) is 1. The number of hydrogen-bond acceptors (Lipinski definition) is 4. The molecule has 0 bridgehead atoms. The van der Waals surface area contributed by atoms with Crippen LogP contribution < -0.4 is 5.09 Å². The van der Waals surface area contributed by atoms with Gasteiger partial charge in [-0.15, -0.1) is 0 Å². The Morgan fingerprint density at radius 1 is 1.40 bits per heavy atom. The van der Waals surface area contributed by atoms with E-state index in [-0.39, 0.29) is 17.5 Å². The smallest absolute Gasteiger partial charge is 0.323 e. The van der Waals surface area contributed by atoms with E-state index >= 15 is 0 Å². The van der Waals surface area contributed by atoms with Crippen molar-refractivity contribution in [2.75, 3.05) is 13.3 Å². The predicted molar refractivity (Wildman–Crippen MR) is 107 cm³/mol. The second kappa shape index (κ2) is 8.13. The number of carbonyl (C=O) groups excluding carboxylic acids is 1. The second-order valence-electron chi connectivity index (χ2n) is 7.73. The third-order valence-electron chi connectivity index (χ3n) is 3.75. The van der Waals surface area contributed by atoms with Crippen LogP contribution in [0.25, 0.3) is 6.08 Å². The van der Waals surface area contributed by atoms with Crippen molar-refractivity contribution in [2.24, 2.45) is 5.41 Å². The van der Waals surface area contributed by atoms with Crippen molar-refractivity contribution in [3.63, 3.8) is 0 Å². The molecular formula is C19H28NO3PS. The monoisotopic (exact) mass is 381 g/mol. The van der Waals surface area contributed by atoms with E-state index in [0.717, 1.165) is 17.5 Å². The Morgan fingerprint density at radius 2 is 2.08 bits per heavy atom. The van der Waals surface area contributed by atoms with E-state index in [2.05, 4.69) is 29.4 Å². The highest BCUT2D eigenvalue weighted by atomic mass is 32.4. The first-order valence-corrected chi connectivity index (χ1v) is 11.7. The van der Waals surface area contributed by atoms with Gasteiger partial charge in [-0.3, -0.25) is 9.88 Å². The average molecular weight is 381 g/mol. The molecule has 0 saturated heterocycles. The topological polar surface area (TPSA) is 47.6 Å². The van der Waals surface area contributed by atoms with Gasteiger partial charge in [0.05, 0.1) is 12.7 Å². The summed E-state index contributed by atoms with van der Waals surface area (Å²) in [6.45, 7) is 10.1. The molecular weight excluding hydrogens is 353 g/mol. The van der Waals surface area contributed by atoms with Gasteiger partial charge in [0.1, 0.15) is 12.5 Å². The molecule has 3 atom stereocenters. The van der Waals surface area contributed by atoms with Gasteiger partial charge in [0.15, 0.2) is 0 Å². The molecule has 0 aliphatic heterocycles. The van der Waals surface area contributed by atoms with Crippen molar-refractivity contribution in [3.8, 4) is 0 Å². The van der Waals surface area contributed by atoms with E-state index in [4.69, 9.17) is 21.1 Å². The van der Waals surface area contributed by atoms with Crippen LogP contribution in [-0.4, -0.2) is 25.3 Å². The molecule has 1 aromatic carbocycles. The number of benzene rings is 1. The quantitative estimate of drug-likeness (QED) is 0.573. The molecule has 0 amide bonds. The van der Waals surface area contributed by atoms with Gasteiger partial charge >= 0.3 is 5.97 Å². The third kappa shape index (κ3) is 6.34. The maximum atomic E-state index is 12.2. The van der Waals surface area contributed by atoms with Gasteiger partial charge in [-0.2, -0.15) is 0 Å². The van der Waals surface area contributed by atoms with Gasteiger partial charge in [-0.25, -0.2) is 0 Å². The van der Waals surface area contributed by atoms with Crippen LogP contribution in [0.2, 0.25) is 0 Å². The maximum absolute atomic E-state index is 12.2. The minimum absolute atomic E-state index is 0.0591. The van der Waals surface area contributed by atoms with Crippen molar-refractivity contribution < 1.29 is 14.1 Å². The van der Waals surface area contributed by atoms with Crippen LogP contribution in [0.5, 0.6) is 0 Å². The molecule has 138 valence electrons. The predicted octanol–water partition coefficient (Wildman–Crippen LogP) is 4.67. The van der Waals surface area contributed by atoms with E-state index in [0.29, 0.717) is 6.61 Å². The number of rotatable bonds is 6. The first-order chi connectivity index (χ1) is 11.6. The summed E-state index contributed by atoms with van der Waals surface area (Å²) in [6, 6.07) is 7.67. The van der Waals surface area contributed by atoms with E-state index in [1.165, 1.54) is 0 Å². The molecule has 1 aromatic rings. The summed E-state index contributed by atoms with van der Waals surface area (Å²) in [6.07, 6.45) is 2.57. The Balaban J connectivity index is 1.97. The Labute approximate surface area is 156 Å². The molecule has 0 radical (unpaired) electrons. The van der Waals surface area contributed by atoms with Crippen molar-refractivity contribution in [3.05, 3.63) is 41.5 Å². The van der Waals surface area contributed by atoms with Crippen molar-refractivity contribution >= 4 is 30.3 Å². The maximum Gasteiger partial charge on any atom is 0.323 e. The molecule has 2 rings (SSSR count). The number of nitrogens with one attached hydrogen (secondary N) is 1. The highest BCUT2D eigenvalue weighted by Crippen LogP contribution is 2.47. The van der Waals surface area contributed by atoms with Gasteiger partial charge in [0.2, 0.25) is 0 Å². The highest BCUT2D eigenvalue weighted by molar-refractivity contribution is 8.11. The number of carbonyl (C=O) groups is 1. The van der Waals surface area contributed by atoms with E-state index in [1.54, 1.807) is 6.92 Å². The Kier molecular flexibility index (Phi) is 6.61. The number of hydrogen-bond donors (Lipinski definition) is 1. The van der Waals surface area contributed by atoms with Gasteiger partial charge in [-0.1, -0.05) is 69.0 Å². The largest absolute Gasteiger partial charge is 0.464 e. The molecule has 0 saturated carbocycles. The standard InChI is InChI=1S/C19H28NO3PS/c1-14(18(21)22-13-19(2,3)4)20-24(5,25)23-17-12-8-10-15-9-6-7-11-16(15)17/h6-11,14,17H,12-13H2,1-5H3,(H,20,25)/t14-,17?,24?/m0/s1. The van der Waals surface area contributed by atoms with Crippen molar-refractivity contribution in [2.45, 2.75) is 46.3 Å².